The first kappa shape index (κ1) is 25.2. The number of pyridine rings is 1. The monoisotopic (exact) mass is 473 g/mol. The maximum absolute atomic E-state index is 12.9. The number of amides is 1. The van der Waals surface area contributed by atoms with Crippen LogP contribution in [-0.4, -0.2) is 54.9 Å². The number of carbonyl (C=O) groups excluding carboxylic acids is 1. The lowest BCUT2D eigenvalue weighted by Crippen LogP contribution is -2.58. The minimum Gasteiger partial charge on any atom is -0.447 e. The molecular weight excluding hydrogens is 438 g/mol. The molecule has 0 radical (unpaired) electrons. The van der Waals surface area contributed by atoms with E-state index in [9.17, 15) is 13.2 Å². The van der Waals surface area contributed by atoms with Gasteiger partial charge in [0.25, 0.3) is 0 Å². The molecule has 1 aromatic carbocycles. The van der Waals surface area contributed by atoms with Crippen molar-refractivity contribution in [1.82, 2.24) is 14.6 Å². The van der Waals surface area contributed by atoms with E-state index < -0.39 is 16.1 Å². The minimum absolute atomic E-state index is 0.0882. The summed E-state index contributed by atoms with van der Waals surface area (Å²) in [6, 6.07) is 15.0. The molecule has 0 unspecified atom stereocenters. The fourth-order valence-electron chi connectivity index (χ4n) is 4.14. The molecule has 2 aromatic rings. The molecule has 33 heavy (non-hydrogen) atoms. The van der Waals surface area contributed by atoms with Gasteiger partial charge < -0.3 is 9.64 Å². The molecule has 7 nitrogen and oxygen atoms in total. The second-order valence-corrected chi connectivity index (χ2v) is 10.7. The van der Waals surface area contributed by atoms with Gasteiger partial charge in [0.05, 0.1) is 23.6 Å². The van der Waals surface area contributed by atoms with Crippen LogP contribution in [0.2, 0.25) is 0 Å². The Kier molecular flexibility index (Phi) is 8.86. The van der Waals surface area contributed by atoms with Crippen LogP contribution in [0.5, 0.6) is 0 Å². The van der Waals surface area contributed by atoms with Gasteiger partial charge in [0.2, 0.25) is 10.0 Å². The normalized spacial score (nSPS) is 19.0. The van der Waals surface area contributed by atoms with Crippen molar-refractivity contribution in [2.75, 3.05) is 12.3 Å². The van der Waals surface area contributed by atoms with Crippen molar-refractivity contribution in [3.05, 3.63) is 54.2 Å². The highest BCUT2D eigenvalue weighted by Crippen LogP contribution is 2.24. The van der Waals surface area contributed by atoms with Gasteiger partial charge in [-0.25, -0.2) is 17.9 Å². The SMILES string of the molecule is CCCCS(=O)(=O)N[C@@H]1CCCN(C(=O)OC(C)C)[C@@H]1Cc1cccc(-c2ccccc2)n1. The summed E-state index contributed by atoms with van der Waals surface area (Å²) >= 11 is 0. The van der Waals surface area contributed by atoms with Crippen LogP contribution in [0.25, 0.3) is 11.3 Å². The second-order valence-electron chi connectivity index (χ2n) is 8.82. The standard InChI is InChI=1S/C25H35N3O4S/c1-4-5-17-33(30,31)27-23-15-10-16-28(25(29)32-19(2)3)24(23)18-21-13-9-14-22(26-21)20-11-7-6-8-12-20/h6-9,11-14,19,23-24,27H,4-5,10,15-18H2,1-3H3/t23-,24-/m1/s1. The molecule has 3 rings (SSSR count). The Hall–Kier alpha value is -2.45. The average molecular weight is 474 g/mol. The number of unbranched alkanes of at least 4 members (excludes halogenated alkanes) is 1. The van der Waals surface area contributed by atoms with Crippen molar-refractivity contribution in [3.63, 3.8) is 0 Å². The first-order valence-corrected chi connectivity index (χ1v) is 13.4. The molecule has 1 aliphatic rings. The Balaban J connectivity index is 1.88. The van der Waals surface area contributed by atoms with Crippen LogP contribution in [0.4, 0.5) is 4.79 Å². The summed E-state index contributed by atoms with van der Waals surface area (Å²) in [6.07, 6.45) is 2.56. The minimum atomic E-state index is -3.44. The lowest BCUT2D eigenvalue weighted by atomic mass is 9.93. The summed E-state index contributed by atoms with van der Waals surface area (Å²) in [5.74, 6) is 0.0882. The van der Waals surface area contributed by atoms with E-state index in [0.29, 0.717) is 32.2 Å². The highest BCUT2D eigenvalue weighted by molar-refractivity contribution is 7.89. The van der Waals surface area contributed by atoms with Crippen molar-refractivity contribution in [2.24, 2.45) is 0 Å². The van der Waals surface area contributed by atoms with Crippen LogP contribution < -0.4 is 4.72 Å². The molecule has 1 fully saturated rings. The number of aromatic nitrogens is 1. The molecule has 2 atom stereocenters. The molecule has 0 spiro atoms. The smallest absolute Gasteiger partial charge is 0.410 e. The molecular formula is C25H35N3O4S. The third kappa shape index (κ3) is 7.27. The number of nitrogens with zero attached hydrogens (tertiary/aromatic N) is 2. The topological polar surface area (TPSA) is 88.6 Å². The van der Waals surface area contributed by atoms with E-state index in [4.69, 9.17) is 9.72 Å². The average Bonchev–Trinajstić information content (AvgIpc) is 2.79. The van der Waals surface area contributed by atoms with Gasteiger partial charge in [0.1, 0.15) is 0 Å². The van der Waals surface area contributed by atoms with E-state index in [0.717, 1.165) is 23.4 Å². The number of hydrogen-bond acceptors (Lipinski definition) is 5. The zero-order valence-electron chi connectivity index (χ0n) is 19.7. The van der Waals surface area contributed by atoms with E-state index in [1.807, 2.05) is 69.3 Å². The van der Waals surface area contributed by atoms with E-state index >= 15 is 0 Å². The number of likely N-dealkylation sites (tertiary alicyclic amines) is 1. The molecule has 1 saturated heterocycles. The van der Waals surface area contributed by atoms with Crippen molar-refractivity contribution >= 4 is 16.1 Å². The van der Waals surface area contributed by atoms with Crippen LogP contribution >= 0.6 is 0 Å². The van der Waals surface area contributed by atoms with Crippen molar-refractivity contribution in [1.29, 1.82) is 0 Å². The summed E-state index contributed by atoms with van der Waals surface area (Å²) in [4.78, 5) is 19.4. The summed E-state index contributed by atoms with van der Waals surface area (Å²) in [6.45, 7) is 6.12. The molecule has 2 heterocycles. The highest BCUT2D eigenvalue weighted by Gasteiger charge is 2.37. The molecule has 1 aliphatic heterocycles. The van der Waals surface area contributed by atoms with Gasteiger partial charge in [-0.15, -0.1) is 0 Å². The van der Waals surface area contributed by atoms with Gasteiger partial charge in [-0.05, 0) is 45.2 Å². The van der Waals surface area contributed by atoms with Gasteiger partial charge in [-0.2, -0.15) is 0 Å². The third-order valence-electron chi connectivity index (χ3n) is 5.74. The number of nitrogens with one attached hydrogen (secondary N) is 1. The van der Waals surface area contributed by atoms with Crippen LogP contribution in [0.15, 0.2) is 48.5 Å². The summed E-state index contributed by atoms with van der Waals surface area (Å²) in [7, 11) is -3.44. The maximum Gasteiger partial charge on any atom is 0.410 e. The number of hydrogen-bond donors (Lipinski definition) is 1. The first-order chi connectivity index (χ1) is 15.8. The van der Waals surface area contributed by atoms with Gasteiger partial charge in [0, 0.05) is 30.3 Å². The van der Waals surface area contributed by atoms with Crippen LogP contribution in [0.1, 0.15) is 52.1 Å². The highest BCUT2D eigenvalue weighted by atomic mass is 32.2. The lowest BCUT2D eigenvalue weighted by Gasteiger charge is -2.41. The lowest BCUT2D eigenvalue weighted by molar-refractivity contribution is 0.0459. The Morgan fingerprint density at radius 2 is 1.94 bits per heavy atom. The maximum atomic E-state index is 12.9. The molecule has 0 aliphatic carbocycles. The number of rotatable bonds is 9. The fourth-order valence-corrected chi connectivity index (χ4v) is 5.67. The van der Waals surface area contributed by atoms with E-state index in [2.05, 4.69) is 4.72 Å². The molecule has 0 bridgehead atoms. The molecule has 1 aromatic heterocycles. The van der Waals surface area contributed by atoms with E-state index in [1.165, 1.54) is 0 Å². The number of piperidine rings is 1. The van der Waals surface area contributed by atoms with Crippen LogP contribution in [0, 0.1) is 0 Å². The molecule has 8 heteroatoms. The fraction of sp³-hybridized carbons (Fsp3) is 0.520. The third-order valence-corrected chi connectivity index (χ3v) is 7.23. The quantitative estimate of drug-likeness (QED) is 0.584. The number of sulfonamides is 1. The van der Waals surface area contributed by atoms with Gasteiger partial charge in [-0.3, -0.25) is 4.98 Å². The van der Waals surface area contributed by atoms with Crippen molar-refractivity contribution in [3.8, 4) is 11.3 Å². The Bertz CT molecular complexity index is 1010. The summed E-state index contributed by atoms with van der Waals surface area (Å²) in [5.41, 5.74) is 2.67. The largest absolute Gasteiger partial charge is 0.447 e. The van der Waals surface area contributed by atoms with Crippen molar-refractivity contribution < 1.29 is 17.9 Å². The zero-order valence-corrected chi connectivity index (χ0v) is 20.6. The van der Waals surface area contributed by atoms with E-state index in [-0.39, 0.29) is 23.9 Å². The number of ether oxygens (including phenoxy) is 1. The predicted molar refractivity (Wildman–Crippen MR) is 130 cm³/mol. The molecule has 0 saturated carbocycles. The van der Waals surface area contributed by atoms with Crippen LogP contribution in [-0.2, 0) is 21.2 Å². The Morgan fingerprint density at radius 1 is 1.18 bits per heavy atom. The predicted octanol–water partition coefficient (Wildman–Crippen LogP) is 4.39. The molecule has 180 valence electrons. The van der Waals surface area contributed by atoms with Gasteiger partial charge >= 0.3 is 6.09 Å². The van der Waals surface area contributed by atoms with Crippen molar-refractivity contribution in [2.45, 2.75) is 71.1 Å². The molecule has 1 amide bonds. The summed E-state index contributed by atoms with van der Waals surface area (Å²) < 4.78 is 33.7. The zero-order chi connectivity index (χ0) is 23.8. The summed E-state index contributed by atoms with van der Waals surface area (Å²) in [5, 5.41) is 0. The second kappa shape index (κ2) is 11.6. The van der Waals surface area contributed by atoms with Crippen LogP contribution in [0.3, 0.4) is 0 Å². The Morgan fingerprint density at radius 3 is 2.64 bits per heavy atom. The van der Waals surface area contributed by atoms with Gasteiger partial charge in [-0.1, -0.05) is 49.7 Å². The number of benzene rings is 1. The number of carbonyl (C=O) groups is 1. The van der Waals surface area contributed by atoms with Gasteiger partial charge in [0.15, 0.2) is 0 Å². The van der Waals surface area contributed by atoms with E-state index in [1.54, 1.807) is 4.90 Å². The Labute approximate surface area is 197 Å². The molecule has 1 N–H and O–H groups in total. The first-order valence-electron chi connectivity index (χ1n) is 11.8.